The van der Waals surface area contributed by atoms with Crippen molar-refractivity contribution >= 4 is 55.4 Å². The third-order valence-corrected chi connectivity index (χ3v) is 5.96. The summed E-state index contributed by atoms with van der Waals surface area (Å²) in [5.74, 6) is 0. The summed E-state index contributed by atoms with van der Waals surface area (Å²) < 4.78 is 0.867. The van der Waals surface area contributed by atoms with Crippen LogP contribution in [0.1, 0.15) is 13.8 Å². The summed E-state index contributed by atoms with van der Waals surface area (Å²) >= 11 is 11.0. The van der Waals surface area contributed by atoms with Gasteiger partial charge >= 0.3 is 0 Å². The van der Waals surface area contributed by atoms with Crippen LogP contribution in [0.2, 0.25) is 5.02 Å². The zero-order valence-corrected chi connectivity index (χ0v) is 17.1. The molecule has 0 fully saturated rings. The fourth-order valence-electron chi connectivity index (χ4n) is 2.49. The van der Waals surface area contributed by atoms with Gasteiger partial charge in [-0.2, -0.15) is 0 Å². The summed E-state index contributed by atoms with van der Waals surface area (Å²) in [6, 6.07) is 14.1. The van der Waals surface area contributed by atoms with Gasteiger partial charge in [-0.05, 0) is 72.2 Å². The second-order valence-electron chi connectivity index (χ2n) is 5.39. The van der Waals surface area contributed by atoms with Crippen LogP contribution in [0.5, 0.6) is 0 Å². The van der Waals surface area contributed by atoms with Crippen molar-refractivity contribution in [2.75, 3.05) is 23.3 Å². The number of aromatic nitrogens is 2. The molecule has 1 N–H and O–H groups in total. The molecule has 0 spiro atoms. The highest BCUT2D eigenvalue weighted by atomic mass is 79.9. The van der Waals surface area contributed by atoms with Gasteiger partial charge in [-0.15, -0.1) is 10.2 Å². The van der Waals surface area contributed by atoms with Crippen molar-refractivity contribution in [3.63, 3.8) is 0 Å². The Hall–Kier alpha value is -1.63. The maximum absolute atomic E-state index is 6.12. The van der Waals surface area contributed by atoms with E-state index in [0.29, 0.717) is 5.02 Å². The van der Waals surface area contributed by atoms with Crippen LogP contribution in [0.3, 0.4) is 0 Å². The van der Waals surface area contributed by atoms with Crippen LogP contribution < -0.4 is 10.2 Å². The van der Waals surface area contributed by atoms with E-state index < -0.39 is 0 Å². The number of benzene rings is 2. The Balaban J connectivity index is 1.75. The highest BCUT2D eigenvalue weighted by Gasteiger charge is 2.09. The maximum Gasteiger partial charge on any atom is 0.210 e. The van der Waals surface area contributed by atoms with Crippen molar-refractivity contribution in [3.05, 3.63) is 52.0 Å². The third kappa shape index (κ3) is 4.32. The van der Waals surface area contributed by atoms with Crippen LogP contribution in [0, 0.1) is 0 Å². The number of halogens is 2. The molecular weight excluding hydrogens is 420 g/mol. The minimum atomic E-state index is 0.654. The first kappa shape index (κ1) is 18.2. The lowest BCUT2D eigenvalue weighted by atomic mass is 10.2. The molecule has 25 heavy (non-hydrogen) atoms. The molecule has 0 saturated heterocycles. The quantitative estimate of drug-likeness (QED) is 0.497. The highest BCUT2D eigenvalue weighted by molar-refractivity contribution is 9.10. The summed E-state index contributed by atoms with van der Waals surface area (Å²) in [7, 11) is 0. The van der Waals surface area contributed by atoms with Gasteiger partial charge in [0.25, 0.3) is 0 Å². The number of nitrogens with zero attached hydrogens (tertiary/aromatic N) is 3. The molecule has 3 rings (SSSR count). The fraction of sp³-hybridized carbons (Fsp3) is 0.222. The molecule has 130 valence electrons. The molecular formula is C18H18BrClN4S. The molecule has 0 aliphatic rings. The van der Waals surface area contributed by atoms with Gasteiger partial charge in [-0.25, -0.2) is 0 Å². The van der Waals surface area contributed by atoms with Crippen molar-refractivity contribution in [1.29, 1.82) is 0 Å². The smallest absolute Gasteiger partial charge is 0.210 e. The number of hydrogen-bond acceptors (Lipinski definition) is 5. The second-order valence-corrected chi connectivity index (χ2v) is 7.62. The Labute approximate surface area is 165 Å². The lowest BCUT2D eigenvalue weighted by Crippen LogP contribution is -2.21. The molecule has 0 bridgehead atoms. The predicted molar refractivity (Wildman–Crippen MR) is 111 cm³/mol. The average molecular weight is 438 g/mol. The molecule has 7 heteroatoms. The Morgan fingerprint density at radius 1 is 1.08 bits per heavy atom. The number of hydrogen-bond donors (Lipinski definition) is 1. The van der Waals surface area contributed by atoms with Gasteiger partial charge in [-0.1, -0.05) is 22.9 Å². The average Bonchev–Trinajstić information content (AvgIpc) is 3.08. The lowest BCUT2D eigenvalue weighted by Gasteiger charge is -2.20. The van der Waals surface area contributed by atoms with Crippen LogP contribution in [0.25, 0.3) is 10.6 Å². The topological polar surface area (TPSA) is 41.1 Å². The minimum absolute atomic E-state index is 0.654. The van der Waals surface area contributed by atoms with Crippen LogP contribution in [0.4, 0.5) is 16.5 Å². The van der Waals surface area contributed by atoms with E-state index in [2.05, 4.69) is 74.5 Å². The Morgan fingerprint density at radius 3 is 2.44 bits per heavy atom. The van der Waals surface area contributed by atoms with E-state index in [-0.39, 0.29) is 0 Å². The van der Waals surface area contributed by atoms with E-state index in [1.165, 1.54) is 17.0 Å². The fourth-order valence-corrected chi connectivity index (χ4v) is 3.69. The van der Waals surface area contributed by atoms with Crippen molar-refractivity contribution in [3.8, 4) is 10.6 Å². The molecule has 0 radical (unpaired) electrons. The SMILES string of the molecule is CCN(CC)c1ccc(-c2nnc(Nc3ccc(Br)c(Cl)c3)s2)cc1. The van der Waals surface area contributed by atoms with E-state index in [0.717, 1.165) is 39.0 Å². The molecule has 0 saturated carbocycles. The molecule has 3 aromatic rings. The van der Waals surface area contributed by atoms with Crippen LogP contribution in [0.15, 0.2) is 46.9 Å². The van der Waals surface area contributed by atoms with Crippen LogP contribution in [-0.4, -0.2) is 23.3 Å². The molecule has 0 aliphatic carbocycles. The normalized spacial score (nSPS) is 10.7. The molecule has 0 aliphatic heterocycles. The molecule has 0 amide bonds. The second kappa shape index (κ2) is 8.17. The molecule has 1 aromatic heterocycles. The third-order valence-electron chi connectivity index (χ3n) is 3.84. The largest absolute Gasteiger partial charge is 0.372 e. The van der Waals surface area contributed by atoms with E-state index in [1.54, 1.807) is 0 Å². The van der Waals surface area contributed by atoms with E-state index >= 15 is 0 Å². The zero-order valence-electron chi connectivity index (χ0n) is 14.0. The lowest BCUT2D eigenvalue weighted by molar-refractivity contribution is 0.866. The number of rotatable bonds is 6. The van der Waals surface area contributed by atoms with Crippen LogP contribution >= 0.6 is 38.9 Å². The first-order valence-electron chi connectivity index (χ1n) is 8.01. The van der Waals surface area contributed by atoms with E-state index in [1.807, 2.05) is 18.2 Å². The molecule has 0 atom stereocenters. The number of nitrogens with one attached hydrogen (secondary N) is 1. The van der Waals surface area contributed by atoms with E-state index in [9.17, 15) is 0 Å². The van der Waals surface area contributed by atoms with Gasteiger partial charge < -0.3 is 10.2 Å². The zero-order chi connectivity index (χ0) is 17.8. The maximum atomic E-state index is 6.12. The van der Waals surface area contributed by atoms with Gasteiger partial charge in [0, 0.05) is 34.5 Å². The minimum Gasteiger partial charge on any atom is -0.372 e. The van der Waals surface area contributed by atoms with Gasteiger partial charge in [0.1, 0.15) is 5.01 Å². The summed E-state index contributed by atoms with van der Waals surface area (Å²) in [6.07, 6.45) is 0. The van der Waals surface area contributed by atoms with Crippen molar-refractivity contribution in [2.45, 2.75) is 13.8 Å². The summed E-state index contributed by atoms with van der Waals surface area (Å²) in [5.41, 5.74) is 3.17. The summed E-state index contributed by atoms with van der Waals surface area (Å²) in [6.45, 7) is 6.32. The van der Waals surface area contributed by atoms with Crippen molar-refractivity contribution in [1.82, 2.24) is 10.2 Å². The molecule has 1 heterocycles. The van der Waals surface area contributed by atoms with Crippen molar-refractivity contribution < 1.29 is 0 Å². The monoisotopic (exact) mass is 436 g/mol. The molecule has 0 unspecified atom stereocenters. The molecule has 4 nitrogen and oxygen atoms in total. The van der Waals surface area contributed by atoms with Crippen molar-refractivity contribution in [2.24, 2.45) is 0 Å². The Kier molecular flexibility index (Phi) is 5.93. The van der Waals surface area contributed by atoms with Gasteiger partial charge in [0.15, 0.2) is 0 Å². The van der Waals surface area contributed by atoms with E-state index in [4.69, 9.17) is 11.6 Å². The molecule has 2 aromatic carbocycles. The summed E-state index contributed by atoms with van der Waals surface area (Å²) in [5, 5.41) is 14.0. The number of anilines is 3. The van der Waals surface area contributed by atoms with Crippen LogP contribution in [-0.2, 0) is 0 Å². The summed E-state index contributed by atoms with van der Waals surface area (Å²) in [4.78, 5) is 2.31. The van der Waals surface area contributed by atoms with Gasteiger partial charge in [0.05, 0.1) is 5.02 Å². The first-order chi connectivity index (χ1) is 12.1. The highest BCUT2D eigenvalue weighted by Crippen LogP contribution is 2.31. The van der Waals surface area contributed by atoms with Gasteiger partial charge in [0.2, 0.25) is 5.13 Å². The standard InChI is InChI=1S/C18H18BrClN4S/c1-3-24(4-2)14-8-5-12(6-9-14)17-22-23-18(25-17)21-13-7-10-15(19)16(20)11-13/h5-11H,3-4H2,1-2H3,(H,21,23). The first-order valence-corrected chi connectivity index (χ1v) is 10.0. The predicted octanol–water partition coefficient (Wildman–Crippen LogP) is 6.21. The Morgan fingerprint density at radius 2 is 1.80 bits per heavy atom. The Bertz CT molecular complexity index is 847. The van der Waals surface area contributed by atoms with Gasteiger partial charge in [-0.3, -0.25) is 0 Å².